The van der Waals surface area contributed by atoms with Crippen LogP contribution in [0.2, 0.25) is 0 Å². The third-order valence-corrected chi connectivity index (χ3v) is 5.92. The summed E-state index contributed by atoms with van der Waals surface area (Å²) in [5.41, 5.74) is -2.73. The highest BCUT2D eigenvalue weighted by Gasteiger charge is 2.53. The van der Waals surface area contributed by atoms with Gasteiger partial charge in [0.1, 0.15) is 5.41 Å². The van der Waals surface area contributed by atoms with Crippen LogP contribution in [0.1, 0.15) is 17.5 Å². The second-order valence-corrected chi connectivity index (χ2v) is 8.97. The molecule has 0 amide bonds. The molecule has 2 aromatic carbocycles. The summed E-state index contributed by atoms with van der Waals surface area (Å²) >= 11 is 0. The van der Waals surface area contributed by atoms with Gasteiger partial charge in [-0.1, -0.05) is 54.6 Å². The molecule has 1 atom stereocenters. The molecule has 1 heterocycles. The predicted molar refractivity (Wildman–Crippen MR) is 131 cm³/mol. The maximum absolute atomic E-state index is 14.4. The topological polar surface area (TPSA) is 72.0 Å². The number of halogens is 9. The molecule has 218 valence electrons. The van der Waals surface area contributed by atoms with Gasteiger partial charge < -0.3 is 15.4 Å². The largest absolute Gasteiger partial charge is 0.454 e. The van der Waals surface area contributed by atoms with Crippen LogP contribution in [0.15, 0.2) is 72.8 Å². The summed E-state index contributed by atoms with van der Waals surface area (Å²) in [6.45, 7) is -2.66. The number of hydrogen-bond donors (Lipinski definition) is 2. The molecular formula is C26H20F9N5O. The van der Waals surface area contributed by atoms with E-state index < -0.39 is 67.0 Å². The minimum atomic E-state index is -4.80. The molecule has 0 bridgehead atoms. The van der Waals surface area contributed by atoms with Crippen LogP contribution in [0.3, 0.4) is 0 Å². The van der Waals surface area contributed by atoms with E-state index in [0.717, 1.165) is 18.2 Å². The zero-order chi connectivity index (χ0) is 29.9. The summed E-state index contributed by atoms with van der Waals surface area (Å²) in [6.07, 6.45) is -11.0. The van der Waals surface area contributed by atoms with Crippen molar-refractivity contribution in [3.05, 3.63) is 84.0 Å². The molecule has 0 aliphatic heterocycles. The first-order valence-corrected chi connectivity index (χ1v) is 11.8. The van der Waals surface area contributed by atoms with Crippen molar-refractivity contribution in [1.29, 1.82) is 0 Å². The minimum Gasteiger partial charge on any atom is -0.454 e. The SMILES string of the molecule is FC(F)(F)COc1nc(NCC2(C(F)(F)F)C=CC=C(c3ccccc3)C2)nc(Nc2cccc(C(F)(F)F)c2)n1. The molecule has 0 fully saturated rings. The molecule has 15 heteroatoms. The van der Waals surface area contributed by atoms with Crippen LogP contribution >= 0.6 is 0 Å². The Kier molecular flexibility index (Phi) is 8.17. The van der Waals surface area contributed by atoms with E-state index in [1.54, 1.807) is 36.4 Å². The van der Waals surface area contributed by atoms with E-state index in [4.69, 9.17) is 0 Å². The number of allylic oxidation sites excluding steroid dienone is 3. The maximum Gasteiger partial charge on any atom is 0.422 e. The van der Waals surface area contributed by atoms with Crippen molar-refractivity contribution < 1.29 is 44.3 Å². The monoisotopic (exact) mass is 589 g/mol. The van der Waals surface area contributed by atoms with Gasteiger partial charge in [-0.05, 0) is 35.8 Å². The van der Waals surface area contributed by atoms with Crippen LogP contribution in [0.5, 0.6) is 6.01 Å². The number of ether oxygens (including phenoxy) is 1. The van der Waals surface area contributed by atoms with E-state index in [-0.39, 0.29) is 5.69 Å². The number of rotatable bonds is 8. The van der Waals surface area contributed by atoms with E-state index in [9.17, 15) is 39.5 Å². The first-order chi connectivity index (χ1) is 19.1. The van der Waals surface area contributed by atoms with Gasteiger partial charge in [-0.3, -0.25) is 0 Å². The molecule has 1 aromatic heterocycles. The highest BCUT2D eigenvalue weighted by molar-refractivity contribution is 5.69. The summed E-state index contributed by atoms with van der Waals surface area (Å²) in [7, 11) is 0. The Balaban J connectivity index is 1.62. The number of nitrogens with one attached hydrogen (secondary N) is 2. The zero-order valence-electron chi connectivity index (χ0n) is 20.7. The van der Waals surface area contributed by atoms with Crippen LogP contribution in [0, 0.1) is 5.41 Å². The normalized spacial score (nSPS) is 17.6. The number of alkyl halides is 9. The number of aromatic nitrogens is 3. The Morgan fingerprint density at radius 2 is 1.54 bits per heavy atom. The van der Waals surface area contributed by atoms with E-state index in [1.807, 2.05) is 0 Å². The zero-order valence-corrected chi connectivity index (χ0v) is 20.7. The Morgan fingerprint density at radius 3 is 2.20 bits per heavy atom. The fraction of sp³-hybridized carbons (Fsp3) is 0.269. The maximum atomic E-state index is 14.4. The first kappa shape index (κ1) is 29.7. The summed E-state index contributed by atoms with van der Waals surface area (Å²) in [4.78, 5) is 11.1. The molecule has 41 heavy (non-hydrogen) atoms. The molecule has 1 aliphatic carbocycles. The molecule has 0 saturated carbocycles. The van der Waals surface area contributed by atoms with Crippen molar-refractivity contribution in [2.45, 2.75) is 24.9 Å². The highest BCUT2D eigenvalue weighted by Crippen LogP contribution is 2.48. The lowest BCUT2D eigenvalue weighted by Gasteiger charge is -2.36. The summed E-state index contributed by atoms with van der Waals surface area (Å²) < 4.78 is 125. The predicted octanol–water partition coefficient (Wildman–Crippen LogP) is 7.58. The quantitative estimate of drug-likeness (QED) is 0.264. The van der Waals surface area contributed by atoms with Crippen molar-refractivity contribution in [2.24, 2.45) is 5.41 Å². The minimum absolute atomic E-state index is 0.196. The number of benzene rings is 2. The lowest BCUT2D eigenvalue weighted by atomic mass is 9.76. The molecular weight excluding hydrogens is 569 g/mol. The summed E-state index contributed by atoms with van der Waals surface area (Å²) in [5, 5.41) is 4.78. The molecule has 6 nitrogen and oxygen atoms in total. The fourth-order valence-electron chi connectivity index (χ4n) is 3.91. The van der Waals surface area contributed by atoms with Gasteiger partial charge in [0.15, 0.2) is 6.61 Å². The Labute approximate surface area is 227 Å². The van der Waals surface area contributed by atoms with Gasteiger partial charge in [0.05, 0.1) is 5.56 Å². The van der Waals surface area contributed by atoms with Crippen molar-refractivity contribution in [2.75, 3.05) is 23.8 Å². The second-order valence-electron chi connectivity index (χ2n) is 8.97. The molecule has 3 aromatic rings. The Bertz CT molecular complexity index is 1420. The average Bonchev–Trinajstić information content (AvgIpc) is 2.90. The van der Waals surface area contributed by atoms with Gasteiger partial charge in [0.2, 0.25) is 11.9 Å². The van der Waals surface area contributed by atoms with Gasteiger partial charge in [-0.25, -0.2) is 0 Å². The van der Waals surface area contributed by atoms with Crippen LogP contribution in [-0.4, -0.2) is 40.5 Å². The Morgan fingerprint density at radius 1 is 0.829 bits per heavy atom. The van der Waals surface area contributed by atoms with Crippen molar-refractivity contribution >= 4 is 23.2 Å². The molecule has 4 rings (SSSR count). The number of nitrogens with zero attached hydrogens (tertiary/aromatic N) is 3. The third kappa shape index (κ3) is 7.67. The van der Waals surface area contributed by atoms with Crippen LogP contribution in [0.25, 0.3) is 5.57 Å². The van der Waals surface area contributed by atoms with Gasteiger partial charge in [0, 0.05) is 12.2 Å². The van der Waals surface area contributed by atoms with Crippen molar-refractivity contribution in [1.82, 2.24) is 15.0 Å². The van der Waals surface area contributed by atoms with E-state index in [0.29, 0.717) is 17.2 Å². The van der Waals surface area contributed by atoms with E-state index >= 15 is 0 Å². The highest BCUT2D eigenvalue weighted by atomic mass is 19.4. The fourth-order valence-corrected chi connectivity index (χ4v) is 3.91. The number of hydrogen-bond acceptors (Lipinski definition) is 6. The second kappa shape index (κ2) is 11.3. The van der Waals surface area contributed by atoms with Crippen LogP contribution in [-0.2, 0) is 6.18 Å². The van der Waals surface area contributed by atoms with Crippen molar-refractivity contribution in [3.8, 4) is 6.01 Å². The first-order valence-electron chi connectivity index (χ1n) is 11.8. The molecule has 1 aliphatic rings. The Hall–Kier alpha value is -4.30. The molecule has 1 unspecified atom stereocenters. The lowest BCUT2D eigenvalue weighted by Crippen LogP contribution is -2.43. The molecule has 0 radical (unpaired) electrons. The standard InChI is InChI=1S/C26H20F9N5O/c27-24(28,29)15-41-22-39-20(38-21(40-22)37-19-10-4-9-18(12-19)25(30,31)32)36-14-23(26(33,34)35)11-5-8-17(13-23)16-6-2-1-3-7-16/h1-12H,13-15H2,(H2,36,37,38,39,40). The molecule has 0 saturated heterocycles. The number of anilines is 3. The average molecular weight is 589 g/mol. The van der Waals surface area contributed by atoms with Gasteiger partial charge >= 0.3 is 24.5 Å². The van der Waals surface area contributed by atoms with E-state index in [1.165, 1.54) is 12.1 Å². The van der Waals surface area contributed by atoms with Crippen LogP contribution in [0.4, 0.5) is 57.1 Å². The van der Waals surface area contributed by atoms with Gasteiger partial charge in [-0.2, -0.15) is 54.5 Å². The summed E-state index contributed by atoms with van der Waals surface area (Å²) in [5.74, 6) is -1.16. The summed E-state index contributed by atoms with van der Waals surface area (Å²) in [6, 6.07) is 11.2. The van der Waals surface area contributed by atoms with Gasteiger partial charge in [0.25, 0.3) is 0 Å². The van der Waals surface area contributed by atoms with Crippen LogP contribution < -0.4 is 15.4 Å². The van der Waals surface area contributed by atoms with E-state index in [2.05, 4.69) is 30.3 Å². The lowest BCUT2D eigenvalue weighted by molar-refractivity contribution is -0.199. The van der Waals surface area contributed by atoms with Gasteiger partial charge in [-0.15, -0.1) is 0 Å². The molecule has 2 N–H and O–H groups in total. The third-order valence-electron chi connectivity index (χ3n) is 5.92. The van der Waals surface area contributed by atoms with Crippen molar-refractivity contribution in [3.63, 3.8) is 0 Å². The molecule has 0 spiro atoms. The smallest absolute Gasteiger partial charge is 0.422 e.